The van der Waals surface area contributed by atoms with Gasteiger partial charge in [-0.05, 0) is 41.4 Å². The monoisotopic (exact) mass is 363 g/mol. The fourth-order valence-corrected chi connectivity index (χ4v) is 3.08. The summed E-state index contributed by atoms with van der Waals surface area (Å²) in [6.07, 6.45) is 0. The van der Waals surface area contributed by atoms with Crippen LogP contribution in [-0.2, 0) is 6.54 Å². The maximum atomic E-state index is 6.32. The predicted octanol–water partition coefficient (Wildman–Crippen LogP) is 5.56. The first kappa shape index (κ1) is 15.2. The van der Waals surface area contributed by atoms with Gasteiger partial charge in [-0.3, -0.25) is 0 Å². The van der Waals surface area contributed by atoms with E-state index in [1.165, 1.54) is 0 Å². The Bertz CT molecular complexity index is 607. The van der Waals surface area contributed by atoms with Crippen LogP contribution in [0.5, 0.6) is 0 Å². The van der Waals surface area contributed by atoms with Gasteiger partial charge in [-0.15, -0.1) is 0 Å². The molecule has 0 aliphatic rings. The third-order valence-electron chi connectivity index (χ3n) is 2.98. The van der Waals surface area contributed by atoms with Gasteiger partial charge in [-0.25, -0.2) is 0 Å². The van der Waals surface area contributed by atoms with E-state index in [1.807, 2.05) is 6.92 Å². The molecule has 1 aromatic carbocycles. The highest BCUT2D eigenvalue weighted by atomic mass is 79.9. The Morgan fingerprint density at radius 2 is 2.05 bits per heavy atom. The maximum absolute atomic E-state index is 6.32. The molecule has 0 amide bonds. The minimum Gasteiger partial charge on any atom is -0.458 e. The smallest absolute Gasteiger partial charge is 0.154 e. The van der Waals surface area contributed by atoms with E-state index in [9.17, 15) is 0 Å². The fraction of sp³-hybridized carbons (Fsp3) is 0.429. The van der Waals surface area contributed by atoms with Crippen LogP contribution in [0.25, 0.3) is 11.0 Å². The summed E-state index contributed by atoms with van der Waals surface area (Å²) in [5.41, 5.74) is 1.70. The van der Waals surface area contributed by atoms with Gasteiger partial charge in [0.1, 0.15) is 5.76 Å². The first-order valence-corrected chi connectivity index (χ1v) is 7.73. The lowest BCUT2D eigenvalue weighted by Gasteiger charge is -2.05. The van der Waals surface area contributed by atoms with E-state index in [4.69, 9.17) is 27.6 Å². The van der Waals surface area contributed by atoms with Gasteiger partial charge in [0.05, 0.1) is 16.6 Å². The number of benzene rings is 1. The van der Waals surface area contributed by atoms with Crippen molar-refractivity contribution in [3.8, 4) is 0 Å². The molecule has 5 heteroatoms. The SMILES string of the molecule is Cc1c(CNCC(C)C)oc2c(Cl)cc(Br)c(Cl)c12. The van der Waals surface area contributed by atoms with Crippen LogP contribution in [-0.4, -0.2) is 6.54 Å². The summed E-state index contributed by atoms with van der Waals surface area (Å²) in [5, 5.41) is 5.48. The van der Waals surface area contributed by atoms with Crippen LogP contribution >= 0.6 is 39.1 Å². The van der Waals surface area contributed by atoms with E-state index in [1.54, 1.807) is 6.07 Å². The summed E-state index contributed by atoms with van der Waals surface area (Å²) in [6, 6.07) is 1.76. The van der Waals surface area contributed by atoms with Gasteiger partial charge in [0, 0.05) is 15.4 Å². The number of aryl methyl sites for hydroxylation is 1. The molecule has 0 fully saturated rings. The molecule has 104 valence electrons. The van der Waals surface area contributed by atoms with Gasteiger partial charge in [0.25, 0.3) is 0 Å². The number of nitrogens with one attached hydrogen (secondary N) is 1. The van der Waals surface area contributed by atoms with E-state index in [0.717, 1.165) is 27.7 Å². The molecular weight excluding hydrogens is 349 g/mol. The van der Waals surface area contributed by atoms with Crippen molar-refractivity contribution in [3.05, 3.63) is 31.9 Å². The van der Waals surface area contributed by atoms with E-state index >= 15 is 0 Å². The molecule has 0 saturated heterocycles. The topological polar surface area (TPSA) is 25.2 Å². The maximum Gasteiger partial charge on any atom is 0.154 e. The van der Waals surface area contributed by atoms with Gasteiger partial charge < -0.3 is 9.73 Å². The van der Waals surface area contributed by atoms with Gasteiger partial charge in [-0.1, -0.05) is 37.0 Å². The van der Waals surface area contributed by atoms with Crippen molar-refractivity contribution < 1.29 is 4.42 Å². The van der Waals surface area contributed by atoms with E-state index in [0.29, 0.717) is 28.1 Å². The Hall–Kier alpha value is -0.220. The van der Waals surface area contributed by atoms with Gasteiger partial charge in [0.15, 0.2) is 5.58 Å². The predicted molar refractivity (Wildman–Crippen MR) is 85.2 cm³/mol. The lowest BCUT2D eigenvalue weighted by atomic mass is 10.1. The molecule has 2 aromatic rings. The Kier molecular flexibility index (Phi) is 4.83. The van der Waals surface area contributed by atoms with E-state index < -0.39 is 0 Å². The van der Waals surface area contributed by atoms with Crippen molar-refractivity contribution in [2.24, 2.45) is 5.92 Å². The van der Waals surface area contributed by atoms with Gasteiger partial charge in [-0.2, -0.15) is 0 Å². The van der Waals surface area contributed by atoms with Crippen molar-refractivity contribution >= 4 is 50.1 Å². The number of halogens is 3. The normalized spacial score (nSPS) is 11.7. The van der Waals surface area contributed by atoms with Crippen LogP contribution in [0.4, 0.5) is 0 Å². The summed E-state index contributed by atoms with van der Waals surface area (Å²) in [5.74, 6) is 1.49. The second-order valence-electron chi connectivity index (χ2n) is 5.03. The average Bonchev–Trinajstić information content (AvgIpc) is 2.65. The van der Waals surface area contributed by atoms with Crippen LogP contribution in [0.3, 0.4) is 0 Å². The largest absolute Gasteiger partial charge is 0.458 e. The fourth-order valence-electron chi connectivity index (χ4n) is 2.00. The molecule has 0 saturated carbocycles. The minimum atomic E-state index is 0.574. The standard InChI is InChI=1S/C14H16BrCl2NO/c1-7(2)5-18-6-11-8(3)12-13(17)9(15)4-10(16)14(12)19-11/h4,7,18H,5-6H2,1-3H3. The zero-order valence-electron chi connectivity index (χ0n) is 11.1. The van der Waals surface area contributed by atoms with Gasteiger partial charge >= 0.3 is 0 Å². The Balaban J connectivity index is 2.40. The number of furan rings is 1. The lowest BCUT2D eigenvalue weighted by Crippen LogP contribution is -2.18. The number of hydrogen-bond donors (Lipinski definition) is 1. The summed E-state index contributed by atoms with van der Waals surface area (Å²) in [4.78, 5) is 0. The second kappa shape index (κ2) is 6.04. The van der Waals surface area contributed by atoms with Gasteiger partial charge in [0.2, 0.25) is 0 Å². The Morgan fingerprint density at radius 3 is 2.68 bits per heavy atom. The summed E-state index contributed by atoms with van der Waals surface area (Å²) < 4.78 is 6.64. The average molecular weight is 365 g/mol. The molecule has 19 heavy (non-hydrogen) atoms. The molecule has 0 spiro atoms. The molecule has 0 unspecified atom stereocenters. The van der Waals surface area contributed by atoms with Crippen LogP contribution < -0.4 is 5.32 Å². The highest BCUT2D eigenvalue weighted by Gasteiger charge is 2.18. The van der Waals surface area contributed by atoms with Crippen LogP contribution in [0, 0.1) is 12.8 Å². The molecule has 0 atom stereocenters. The summed E-state index contributed by atoms with van der Waals surface area (Å²) >= 11 is 15.9. The Labute approximate surface area is 131 Å². The highest BCUT2D eigenvalue weighted by Crippen LogP contribution is 2.40. The molecule has 0 aliphatic carbocycles. The second-order valence-corrected chi connectivity index (χ2v) is 6.67. The third-order valence-corrected chi connectivity index (χ3v) is 4.51. The molecular formula is C14H16BrCl2NO. The van der Waals surface area contributed by atoms with E-state index in [2.05, 4.69) is 35.1 Å². The van der Waals surface area contributed by atoms with Crippen molar-refractivity contribution in [1.82, 2.24) is 5.32 Å². The minimum absolute atomic E-state index is 0.574. The van der Waals surface area contributed by atoms with E-state index in [-0.39, 0.29) is 0 Å². The zero-order chi connectivity index (χ0) is 14.2. The molecule has 2 rings (SSSR count). The zero-order valence-corrected chi connectivity index (χ0v) is 14.2. The van der Waals surface area contributed by atoms with Crippen molar-refractivity contribution in [1.29, 1.82) is 0 Å². The first-order valence-electron chi connectivity index (χ1n) is 6.18. The molecule has 0 aliphatic heterocycles. The van der Waals surface area contributed by atoms with Crippen LogP contribution in [0.1, 0.15) is 25.2 Å². The number of rotatable bonds is 4. The molecule has 1 heterocycles. The molecule has 0 bridgehead atoms. The van der Waals surface area contributed by atoms with Crippen molar-refractivity contribution in [2.75, 3.05) is 6.54 Å². The van der Waals surface area contributed by atoms with Crippen LogP contribution in [0.15, 0.2) is 15.0 Å². The van der Waals surface area contributed by atoms with Crippen molar-refractivity contribution in [3.63, 3.8) is 0 Å². The summed E-state index contributed by atoms with van der Waals surface area (Å²) in [6.45, 7) is 7.98. The summed E-state index contributed by atoms with van der Waals surface area (Å²) in [7, 11) is 0. The number of hydrogen-bond acceptors (Lipinski definition) is 2. The third kappa shape index (κ3) is 3.10. The molecule has 1 aromatic heterocycles. The highest BCUT2D eigenvalue weighted by molar-refractivity contribution is 9.10. The lowest BCUT2D eigenvalue weighted by molar-refractivity contribution is 0.482. The molecule has 2 nitrogen and oxygen atoms in total. The Morgan fingerprint density at radius 1 is 1.37 bits per heavy atom. The van der Waals surface area contributed by atoms with Crippen molar-refractivity contribution in [2.45, 2.75) is 27.3 Å². The quantitative estimate of drug-likeness (QED) is 0.718. The molecule has 0 radical (unpaired) electrons. The first-order chi connectivity index (χ1) is 8.91. The number of fused-ring (bicyclic) bond motifs is 1. The van der Waals surface area contributed by atoms with Crippen LogP contribution in [0.2, 0.25) is 10.0 Å². The molecule has 1 N–H and O–H groups in total.